The zero-order valence-corrected chi connectivity index (χ0v) is 15.6. The minimum atomic E-state index is -1.23. The monoisotopic (exact) mass is 336 g/mol. The fourth-order valence-electron chi connectivity index (χ4n) is 1.59. The maximum absolute atomic E-state index is 6.12. The van der Waals surface area contributed by atoms with Crippen molar-refractivity contribution in [2.45, 2.75) is 38.1 Å². The molecule has 0 aromatic heterocycles. The summed E-state index contributed by atoms with van der Waals surface area (Å²) in [5.41, 5.74) is 11.8. The molecule has 4 N–H and O–H groups in total. The van der Waals surface area contributed by atoms with Crippen LogP contribution < -0.4 is 11.5 Å². The van der Waals surface area contributed by atoms with Crippen LogP contribution in [0.25, 0.3) is 0 Å². The highest BCUT2D eigenvalue weighted by atomic mass is 28.3. The zero-order valence-electron chi connectivity index (χ0n) is 14.6. The Morgan fingerprint density at radius 3 is 1.55 bits per heavy atom. The van der Waals surface area contributed by atoms with Crippen molar-refractivity contribution in [2.75, 3.05) is 59.4 Å². The van der Waals surface area contributed by atoms with Gasteiger partial charge in [-0.1, -0.05) is 19.6 Å². The molecule has 6 nitrogen and oxygen atoms in total. The lowest BCUT2D eigenvalue weighted by atomic mass is 10.4. The highest BCUT2D eigenvalue weighted by Gasteiger charge is 2.22. The van der Waals surface area contributed by atoms with Crippen molar-refractivity contribution in [1.82, 2.24) is 0 Å². The standard InChI is InChI=1S/C15H36N2O4Si/c1-22(2,3)15(17)5-8-19-10-12-21-14-13-20-11-9-18-7-4-6-16/h15H,4-14,16-17H2,1-3H3. The molecule has 1 unspecified atom stereocenters. The third-order valence-electron chi connectivity index (χ3n) is 3.29. The maximum Gasteiger partial charge on any atom is 0.0701 e. The van der Waals surface area contributed by atoms with Gasteiger partial charge in [-0.15, -0.1) is 0 Å². The van der Waals surface area contributed by atoms with Crippen LogP contribution in [-0.2, 0) is 18.9 Å². The quantitative estimate of drug-likeness (QED) is 0.323. The van der Waals surface area contributed by atoms with Gasteiger partial charge < -0.3 is 30.4 Å². The van der Waals surface area contributed by atoms with E-state index >= 15 is 0 Å². The molecule has 134 valence electrons. The van der Waals surface area contributed by atoms with Gasteiger partial charge in [0.15, 0.2) is 0 Å². The van der Waals surface area contributed by atoms with Gasteiger partial charge >= 0.3 is 0 Å². The Bertz CT molecular complexity index is 240. The summed E-state index contributed by atoms with van der Waals surface area (Å²) in [7, 11) is -1.23. The Morgan fingerprint density at radius 1 is 0.727 bits per heavy atom. The molecule has 1 atom stereocenters. The lowest BCUT2D eigenvalue weighted by Crippen LogP contribution is -2.45. The van der Waals surface area contributed by atoms with Gasteiger partial charge in [0.2, 0.25) is 0 Å². The summed E-state index contributed by atoms with van der Waals surface area (Å²) >= 11 is 0. The van der Waals surface area contributed by atoms with Crippen molar-refractivity contribution in [1.29, 1.82) is 0 Å². The first kappa shape index (κ1) is 22.0. The molecule has 0 spiro atoms. The van der Waals surface area contributed by atoms with Crippen LogP contribution in [0.1, 0.15) is 12.8 Å². The molecule has 0 amide bonds. The van der Waals surface area contributed by atoms with Crippen LogP contribution in [0.5, 0.6) is 0 Å². The van der Waals surface area contributed by atoms with E-state index in [9.17, 15) is 0 Å². The summed E-state index contributed by atoms with van der Waals surface area (Å²) in [4.78, 5) is 0. The van der Waals surface area contributed by atoms with Crippen molar-refractivity contribution >= 4 is 8.07 Å². The van der Waals surface area contributed by atoms with E-state index in [1.54, 1.807) is 0 Å². The zero-order chi connectivity index (χ0) is 16.7. The van der Waals surface area contributed by atoms with Crippen LogP contribution in [0.2, 0.25) is 19.6 Å². The highest BCUT2D eigenvalue weighted by Crippen LogP contribution is 2.08. The fourth-order valence-corrected chi connectivity index (χ4v) is 2.57. The third-order valence-corrected chi connectivity index (χ3v) is 5.81. The first-order valence-electron chi connectivity index (χ1n) is 8.25. The smallest absolute Gasteiger partial charge is 0.0701 e. The molecule has 0 aliphatic heterocycles. The second-order valence-corrected chi connectivity index (χ2v) is 11.8. The van der Waals surface area contributed by atoms with Crippen molar-refractivity contribution in [2.24, 2.45) is 11.5 Å². The normalized spacial score (nSPS) is 13.5. The molecule has 0 heterocycles. The Balaban J connectivity index is 3.12. The van der Waals surface area contributed by atoms with E-state index in [2.05, 4.69) is 19.6 Å². The third kappa shape index (κ3) is 14.9. The molecule has 0 aromatic carbocycles. The molecule has 0 bridgehead atoms. The van der Waals surface area contributed by atoms with E-state index in [4.69, 9.17) is 30.4 Å². The van der Waals surface area contributed by atoms with E-state index in [1.807, 2.05) is 0 Å². The van der Waals surface area contributed by atoms with Crippen LogP contribution in [0.4, 0.5) is 0 Å². The molecule has 0 aliphatic carbocycles. The van der Waals surface area contributed by atoms with Crippen molar-refractivity contribution < 1.29 is 18.9 Å². The SMILES string of the molecule is C[Si](C)(C)C(N)CCOCCOCCOCCOCCCN. The summed E-state index contributed by atoms with van der Waals surface area (Å²) in [6.45, 7) is 12.5. The molecule has 22 heavy (non-hydrogen) atoms. The van der Waals surface area contributed by atoms with Gasteiger partial charge in [-0.05, 0) is 25.1 Å². The lowest BCUT2D eigenvalue weighted by Gasteiger charge is -2.24. The average Bonchev–Trinajstić information content (AvgIpc) is 2.46. The summed E-state index contributed by atoms with van der Waals surface area (Å²) in [6, 6.07) is 0. The first-order valence-corrected chi connectivity index (χ1v) is 11.8. The van der Waals surface area contributed by atoms with Gasteiger partial charge in [0.1, 0.15) is 0 Å². The van der Waals surface area contributed by atoms with E-state index in [1.165, 1.54) is 0 Å². The lowest BCUT2D eigenvalue weighted by molar-refractivity contribution is -0.00212. The Kier molecular flexibility index (Phi) is 14.5. The largest absolute Gasteiger partial charge is 0.379 e. The Labute approximate surface area is 136 Å². The van der Waals surface area contributed by atoms with Crippen LogP contribution in [0.3, 0.4) is 0 Å². The second kappa shape index (κ2) is 14.6. The first-order chi connectivity index (χ1) is 10.5. The Morgan fingerprint density at radius 2 is 1.14 bits per heavy atom. The number of hydrogen-bond donors (Lipinski definition) is 2. The predicted octanol–water partition coefficient (Wildman–Crippen LogP) is 0.996. The Hall–Kier alpha value is -0.0231. The minimum absolute atomic E-state index is 0.300. The summed E-state index contributed by atoms with van der Waals surface area (Å²) in [5.74, 6) is 0. The highest BCUT2D eigenvalue weighted by molar-refractivity contribution is 6.77. The number of rotatable bonds is 16. The van der Waals surface area contributed by atoms with Gasteiger partial charge in [0.05, 0.1) is 47.7 Å². The molecule has 7 heteroatoms. The molecule has 0 aromatic rings. The van der Waals surface area contributed by atoms with E-state index in [-0.39, 0.29) is 0 Å². The van der Waals surface area contributed by atoms with Gasteiger partial charge in [0, 0.05) is 13.2 Å². The molecule has 0 saturated heterocycles. The van der Waals surface area contributed by atoms with E-state index < -0.39 is 8.07 Å². The topological polar surface area (TPSA) is 89.0 Å². The number of nitrogens with two attached hydrogens (primary N) is 2. The van der Waals surface area contributed by atoms with Crippen molar-refractivity contribution in [3.05, 3.63) is 0 Å². The van der Waals surface area contributed by atoms with Crippen molar-refractivity contribution in [3.8, 4) is 0 Å². The average molecular weight is 337 g/mol. The summed E-state index contributed by atoms with van der Waals surface area (Å²) < 4.78 is 21.6. The van der Waals surface area contributed by atoms with Crippen LogP contribution >= 0.6 is 0 Å². The number of hydrogen-bond acceptors (Lipinski definition) is 6. The summed E-state index contributed by atoms with van der Waals surface area (Å²) in [6.07, 6.45) is 1.83. The van der Waals surface area contributed by atoms with Gasteiger partial charge in [0.25, 0.3) is 0 Å². The van der Waals surface area contributed by atoms with E-state index in [0.717, 1.165) is 12.8 Å². The number of ether oxygens (including phenoxy) is 4. The molecular formula is C15H36N2O4Si. The minimum Gasteiger partial charge on any atom is -0.379 e. The van der Waals surface area contributed by atoms with Crippen LogP contribution in [0.15, 0.2) is 0 Å². The van der Waals surface area contributed by atoms with Crippen molar-refractivity contribution in [3.63, 3.8) is 0 Å². The van der Waals surface area contributed by atoms with Gasteiger partial charge in [-0.25, -0.2) is 0 Å². The van der Waals surface area contributed by atoms with E-state index in [0.29, 0.717) is 65.1 Å². The molecule has 0 aliphatic rings. The molecule has 0 saturated carbocycles. The van der Waals surface area contributed by atoms with Gasteiger partial charge in [-0.3, -0.25) is 0 Å². The second-order valence-electron chi connectivity index (χ2n) is 6.35. The fraction of sp³-hybridized carbons (Fsp3) is 1.00. The van der Waals surface area contributed by atoms with Crippen LogP contribution in [0, 0.1) is 0 Å². The maximum atomic E-state index is 6.12. The predicted molar refractivity (Wildman–Crippen MR) is 92.9 cm³/mol. The molecule has 0 fully saturated rings. The molecular weight excluding hydrogens is 300 g/mol. The molecule has 0 rings (SSSR count). The summed E-state index contributed by atoms with van der Waals surface area (Å²) in [5, 5.41) is 0. The van der Waals surface area contributed by atoms with Crippen LogP contribution in [-0.4, -0.2) is 73.1 Å². The molecule has 0 radical (unpaired) electrons. The van der Waals surface area contributed by atoms with Gasteiger partial charge in [-0.2, -0.15) is 0 Å².